The van der Waals surface area contributed by atoms with E-state index in [1.165, 1.54) is 0 Å². The number of aliphatic hydroxyl groups is 1. The van der Waals surface area contributed by atoms with Gasteiger partial charge in [0.1, 0.15) is 5.60 Å². The Hall–Kier alpha value is -1.85. The lowest BCUT2D eigenvalue weighted by Gasteiger charge is -2.24. The molecule has 0 bridgehead atoms. The zero-order chi connectivity index (χ0) is 15.5. The Kier molecular flexibility index (Phi) is 4.65. The smallest absolute Gasteiger partial charge is 0.229 e. The van der Waals surface area contributed by atoms with Gasteiger partial charge in [0.2, 0.25) is 11.1 Å². The number of carbonyl (C=O) groups excluding carboxylic acids is 1. The molecule has 0 spiro atoms. The lowest BCUT2D eigenvalue weighted by Crippen LogP contribution is -2.39. The molecule has 1 atom stereocenters. The second-order valence-corrected chi connectivity index (χ2v) is 5.46. The number of nitrogens with one attached hydrogen (secondary N) is 1. The third-order valence-electron chi connectivity index (χ3n) is 3.30. The fourth-order valence-electron chi connectivity index (χ4n) is 1.95. The van der Waals surface area contributed by atoms with Gasteiger partial charge in [-0.15, -0.1) is 0 Å². The third kappa shape index (κ3) is 3.83. The SMILES string of the molecule is Cc1noc(Cl)c1CC(=O)NCC(C)(O)c1ccccc1. The fraction of sp³-hybridized carbons (Fsp3) is 0.333. The molecule has 2 rings (SSSR count). The molecule has 21 heavy (non-hydrogen) atoms. The maximum Gasteiger partial charge on any atom is 0.229 e. The van der Waals surface area contributed by atoms with Gasteiger partial charge >= 0.3 is 0 Å². The summed E-state index contributed by atoms with van der Waals surface area (Å²) in [7, 11) is 0. The number of amides is 1. The molecule has 2 N–H and O–H groups in total. The van der Waals surface area contributed by atoms with Gasteiger partial charge in [0.05, 0.1) is 18.7 Å². The molecule has 0 aliphatic heterocycles. The van der Waals surface area contributed by atoms with Gasteiger partial charge in [0.15, 0.2) is 0 Å². The Labute approximate surface area is 127 Å². The van der Waals surface area contributed by atoms with Gasteiger partial charge in [-0.05, 0) is 31.0 Å². The van der Waals surface area contributed by atoms with Gasteiger partial charge in [-0.3, -0.25) is 4.79 Å². The first-order valence-electron chi connectivity index (χ1n) is 6.55. The average molecular weight is 309 g/mol. The summed E-state index contributed by atoms with van der Waals surface area (Å²) in [6, 6.07) is 9.17. The van der Waals surface area contributed by atoms with Crippen LogP contribution in [0.1, 0.15) is 23.7 Å². The van der Waals surface area contributed by atoms with Gasteiger partial charge < -0.3 is 14.9 Å². The quantitative estimate of drug-likeness (QED) is 0.888. The molecular weight excluding hydrogens is 292 g/mol. The summed E-state index contributed by atoms with van der Waals surface area (Å²) >= 11 is 5.82. The summed E-state index contributed by atoms with van der Waals surface area (Å²) in [5, 5.41) is 16.9. The molecule has 1 aromatic carbocycles. The van der Waals surface area contributed by atoms with Crippen molar-refractivity contribution in [2.24, 2.45) is 0 Å². The van der Waals surface area contributed by atoms with Crippen LogP contribution in [0.3, 0.4) is 0 Å². The molecule has 0 saturated heterocycles. The van der Waals surface area contributed by atoms with Gasteiger partial charge in [0, 0.05) is 5.56 Å². The summed E-state index contributed by atoms with van der Waals surface area (Å²) in [6.07, 6.45) is 0.0685. The Balaban J connectivity index is 1.95. The summed E-state index contributed by atoms with van der Waals surface area (Å²) in [5.74, 6) is -0.251. The van der Waals surface area contributed by atoms with Crippen LogP contribution in [0.4, 0.5) is 0 Å². The first-order valence-corrected chi connectivity index (χ1v) is 6.93. The summed E-state index contributed by atoms with van der Waals surface area (Å²) < 4.78 is 4.80. The molecule has 1 unspecified atom stereocenters. The van der Waals surface area contributed by atoms with E-state index in [-0.39, 0.29) is 24.1 Å². The number of benzene rings is 1. The lowest BCUT2D eigenvalue weighted by molar-refractivity contribution is -0.121. The van der Waals surface area contributed by atoms with Gasteiger partial charge in [-0.25, -0.2) is 0 Å². The van der Waals surface area contributed by atoms with Gasteiger partial charge in [-0.2, -0.15) is 0 Å². The standard InChI is InChI=1S/C15H17ClN2O3/c1-10-12(14(16)21-18-10)8-13(19)17-9-15(2,20)11-6-4-3-5-7-11/h3-7,20H,8-9H2,1-2H3,(H,17,19). The molecule has 1 amide bonds. The molecule has 6 heteroatoms. The second kappa shape index (κ2) is 6.28. The normalized spacial score (nSPS) is 13.7. The van der Waals surface area contributed by atoms with E-state index < -0.39 is 5.60 Å². The predicted molar refractivity (Wildman–Crippen MR) is 79.0 cm³/mol. The molecule has 0 aliphatic carbocycles. The van der Waals surface area contributed by atoms with Gasteiger partial charge in [-0.1, -0.05) is 35.5 Å². The van der Waals surface area contributed by atoms with Crippen molar-refractivity contribution < 1.29 is 14.4 Å². The average Bonchev–Trinajstić information content (AvgIpc) is 2.78. The number of rotatable bonds is 5. The van der Waals surface area contributed by atoms with Crippen molar-refractivity contribution >= 4 is 17.5 Å². The summed E-state index contributed by atoms with van der Waals surface area (Å²) in [4.78, 5) is 11.9. The van der Waals surface area contributed by atoms with Crippen LogP contribution in [0.15, 0.2) is 34.9 Å². The van der Waals surface area contributed by atoms with E-state index in [9.17, 15) is 9.90 Å². The van der Waals surface area contributed by atoms with E-state index in [4.69, 9.17) is 16.1 Å². The molecule has 2 aromatic rings. The zero-order valence-corrected chi connectivity index (χ0v) is 12.6. The number of aromatic nitrogens is 1. The van der Waals surface area contributed by atoms with Crippen LogP contribution in [-0.4, -0.2) is 22.7 Å². The van der Waals surface area contributed by atoms with Crippen LogP contribution in [0.5, 0.6) is 0 Å². The Bertz CT molecular complexity index is 604. The number of aryl methyl sites for hydroxylation is 1. The van der Waals surface area contributed by atoms with E-state index in [2.05, 4.69) is 10.5 Å². The minimum absolute atomic E-state index is 0.0685. The van der Waals surface area contributed by atoms with Crippen molar-refractivity contribution in [3.8, 4) is 0 Å². The van der Waals surface area contributed by atoms with Crippen molar-refractivity contribution in [1.29, 1.82) is 0 Å². The molecule has 1 heterocycles. The highest BCUT2D eigenvalue weighted by molar-refractivity contribution is 6.29. The van der Waals surface area contributed by atoms with Crippen LogP contribution < -0.4 is 5.32 Å². The molecule has 0 fully saturated rings. The van der Waals surface area contributed by atoms with Gasteiger partial charge in [0.25, 0.3) is 0 Å². The highest BCUT2D eigenvalue weighted by Crippen LogP contribution is 2.21. The predicted octanol–water partition coefficient (Wildman–Crippen LogP) is 2.20. The largest absolute Gasteiger partial charge is 0.384 e. The highest BCUT2D eigenvalue weighted by atomic mass is 35.5. The van der Waals surface area contributed by atoms with E-state index in [1.54, 1.807) is 13.8 Å². The molecule has 1 aromatic heterocycles. The molecule has 112 valence electrons. The topological polar surface area (TPSA) is 75.4 Å². The molecule has 0 radical (unpaired) electrons. The van der Waals surface area contributed by atoms with Crippen LogP contribution >= 0.6 is 11.6 Å². The minimum Gasteiger partial charge on any atom is -0.384 e. The number of halogens is 1. The maximum atomic E-state index is 11.9. The first kappa shape index (κ1) is 15.5. The Morgan fingerprint density at radius 1 is 1.43 bits per heavy atom. The van der Waals surface area contributed by atoms with Crippen molar-refractivity contribution in [1.82, 2.24) is 10.5 Å². The molecule has 0 aliphatic rings. The maximum absolute atomic E-state index is 11.9. The van der Waals surface area contributed by atoms with Crippen molar-refractivity contribution in [3.63, 3.8) is 0 Å². The number of hydrogen-bond acceptors (Lipinski definition) is 4. The van der Waals surface area contributed by atoms with Crippen molar-refractivity contribution in [3.05, 3.63) is 52.4 Å². The Morgan fingerprint density at radius 3 is 2.67 bits per heavy atom. The zero-order valence-electron chi connectivity index (χ0n) is 11.9. The number of hydrogen-bond donors (Lipinski definition) is 2. The fourth-order valence-corrected chi connectivity index (χ4v) is 2.19. The molecule has 0 saturated carbocycles. The molecule has 5 nitrogen and oxygen atoms in total. The minimum atomic E-state index is -1.13. The second-order valence-electron chi connectivity index (χ2n) is 5.11. The van der Waals surface area contributed by atoms with E-state index in [0.29, 0.717) is 11.3 Å². The van der Waals surface area contributed by atoms with Crippen LogP contribution in [0.25, 0.3) is 0 Å². The summed E-state index contributed by atoms with van der Waals surface area (Å²) in [6.45, 7) is 3.48. The van der Waals surface area contributed by atoms with Crippen LogP contribution in [-0.2, 0) is 16.8 Å². The monoisotopic (exact) mass is 308 g/mol. The van der Waals surface area contributed by atoms with E-state index in [1.807, 2.05) is 30.3 Å². The Morgan fingerprint density at radius 2 is 2.10 bits per heavy atom. The van der Waals surface area contributed by atoms with Crippen LogP contribution in [0, 0.1) is 6.92 Å². The van der Waals surface area contributed by atoms with E-state index >= 15 is 0 Å². The highest BCUT2D eigenvalue weighted by Gasteiger charge is 2.24. The number of nitrogens with zero attached hydrogens (tertiary/aromatic N) is 1. The first-order chi connectivity index (χ1) is 9.90. The van der Waals surface area contributed by atoms with Crippen molar-refractivity contribution in [2.45, 2.75) is 25.9 Å². The third-order valence-corrected chi connectivity index (χ3v) is 3.60. The molecular formula is C15H17ClN2O3. The lowest BCUT2D eigenvalue weighted by atomic mass is 9.96. The van der Waals surface area contributed by atoms with E-state index in [0.717, 1.165) is 5.56 Å². The van der Waals surface area contributed by atoms with Crippen LogP contribution in [0.2, 0.25) is 5.22 Å². The summed E-state index contributed by atoms with van der Waals surface area (Å²) in [5.41, 5.74) is 0.757. The number of carbonyl (C=O) groups is 1. The van der Waals surface area contributed by atoms with Crippen molar-refractivity contribution in [2.75, 3.05) is 6.54 Å².